The second-order valence-corrected chi connectivity index (χ2v) is 7.88. The molecule has 0 radical (unpaired) electrons. The van der Waals surface area contributed by atoms with Gasteiger partial charge in [-0.1, -0.05) is 47.6 Å². The number of nitrogens with zero attached hydrogens (tertiary/aromatic N) is 4. The Hall–Kier alpha value is -3.16. The average molecular weight is 436 g/mol. The number of carbonyl (C=O) groups is 1. The Morgan fingerprint density at radius 2 is 1.80 bits per heavy atom. The minimum absolute atomic E-state index is 0.0602. The molecule has 0 fully saturated rings. The van der Waals surface area contributed by atoms with Crippen LogP contribution in [0.2, 0.25) is 5.02 Å². The molecule has 6 nitrogen and oxygen atoms in total. The van der Waals surface area contributed by atoms with Crippen molar-refractivity contribution >= 4 is 29.3 Å². The number of carbonyl (C=O) groups excluding carboxylic acids is 1. The molecule has 2 aromatic carbocycles. The third-order valence-corrected chi connectivity index (χ3v) is 5.50. The summed E-state index contributed by atoms with van der Waals surface area (Å²) in [7, 11) is 0. The number of nitrogens with one attached hydrogen (secondary N) is 1. The van der Waals surface area contributed by atoms with Gasteiger partial charge in [0, 0.05) is 29.5 Å². The van der Waals surface area contributed by atoms with Gasteiger partial charge in [-0.2, -0.15) is 5.10 Å². The lowest BCUT2D eigenvalue weighted by atomic mass is 10.1. The molecule has 0 aliphatic rings. The highest BCUT2D eigenvalue weighted by atomic mass is 35.5. The van der Waals surface area contributed by atoms with Crippen molar-refractivity contribution in [3.8, 4) is 16.9 Å². The smallest absolute Gasteiger partial charge is 0.230 e. The number of rotatable bonds is 7. The average Bonchev–Trinajstić information content (AvgIpc) is 3.33. The van der Waals surface area contributed by atoms with E-state index in [0.717, 1.165) is 22.5 Å². The summed E-state index contributed by atoms with van der Waals surface area (Å²) in [6, 6.07) is 21.0. The molecule has 150 valence electrons. The van der Waals surface area contributed by atoms with Gasteiger partial charge in [0.15, 0.2) is 0 Å². The number of thioether (sulfide) groups is 1. The van der Waals surface area contributed by atoms with E-state index in [4.69, 9.17) is 11.6 Å². The van der Waals surface area contributed by atoms with E-state index in [-0.39, 0.29) is 11.7 Å². The lowest BCUT2D eigenvalue weighted by Gasteiger charge is -2.06. The van der Waals surface area contributed by atoms with Gasteiger partial charge in [0.05, 0.1) is 17.1 Å². The van der Waals surface area contributed by atoms with Crippen LogP contribution in [0, 0.1) is 0 Å². The quantitative estimate of drug-likeness (QED) is 0.436. The van der Waals surface area contributed by atoms with Crippen molar-refractivity contribution in [2.45, 2.75) is 11.6 Å². The van der Waals surface area contributed by atoms with Gasteiger partial charge in [0.2, 0.25) is 5.91 Å². The zero-order valence-electron chi connectivity index (χ0n) is 15.9. The van der Waals surface area contributed by atoms with Crippen LogP contribution in [0.25, 0.3) is 16.9 Å². The molecule has 8 heteroatoms. The monoisotopic (exact) mass is 435 g/mol. The van der Waals surface area contributed by atoms with Crippen molar-refractivity contribution in [3.63, 3.8) is 0 Å². The van der Waals surface area contributed by atoms with Gasteiger partial charge in [-0.25, -0.2) is 4.68 Å². The molecule has 0 saturated carbocycles. The molecule has 0 aliphatic carbocycles. The van der Waals surface area contributed by atoms with Crippen LogP contribution >= 0.6 is 23.4 Å². The fraction of sp³-hybridized carbons (Fsp3) is 0.0909. The van der Waals surface area contributed by atoms with Crippen LogP contribution in [-0.4, -0.2) is 31.6 Å². The van der Waals surface area contributed by atoms with Crippen LogP contribution < -0.4 is 5.32 Å². The third-order valence-electron chi connectivity index (χ3n) is 4.33. The van der Waals surface area contributed by atoms with Crippen LogP contribution in [0.15, 0.2) is 84.1 Å². The first-order valence-electron chi connectivity index (χ1n) is 9.25. The van der Waals surface area contributed by atoms with E-state index < -0.39 is 0 Å². The molecular weight excluding hydrogens is 418 g/mol. The van der Waals surface area contributed by atoms with Crippen LogP contribution in [0.5, 0.6) is 0 Å². The molecule has 2 aromatic heterocycles. The highest BCUT2D eigenvalue weighted by Gasteiger charge is 2.06. The zero-order chi connectivity index (χ0) is 20.8. The van der Waals surface area contributed by atoms with E-state index in [0.29, 0.717) is 16.6 Å². The van der Waals surface area contributed by atoms with Gasteiger partial charge in [-0.15, -0.1) is 10.2 Å². The third kappa shape index (κ3) is 5.25. The number of benzene rings is 2. The Morgan fingerprint density at radius 1 is 1.00 bits per heavy atom. The molecule has 30 heavy (non-hydrogen) atoms. The number of halogens is 1. The maximum absolute atomic E-state index is 12.1. The fourth-order valence-electron chi connectivity index (χ4n) is 2.75. The van der Waals surface area contributed by atoms with Gasteiger partial charge in [-0.05, 0) is 48.0 Å². The molecule has 0 unspecified atom stereocenters. The molecule has 4 rings (SSSR count). The van der Waals surface area contributed by atoms with Gasteiger partial charge < -0.3 is 5.32 Å². The predicted molar refractivity (Wildman–Crippen MR) is 119 cm³/mol. The maximum atomic E-state index is 12.1. The van der Waals surface area contributed by atoms with Crippen molar-refractivity contribution < 1.29 is 4.79 Å². The minimum Gasteiger partial charge on any atom is -0.351 e. The highest BCUT2D eigenvalue weighted by Crippen LogP contribution is 2.21. The first-order valence-corrected chi connectivity index (χ1v) is 10.6. The Balaban J connectivity index is 1.29. The van der Waals surface area contributed by atoms with Crippen molar-refractivity contribution in [2.75, 3.05) is 5.75 Å². The van der Waals surface area contributed by atoms with Crippen molar-refractivity contribution in [1.29, 1.82) is 0 Å². The summed E-state index contributed by atoms with van der Waals surface area (Å²) >= 11 is 7.22. The summed E-state index contributed by atoms with van der Waals surface area (Å²) in [5, 5.41) is 17.0. The van der Waals surface area contributed by atoms with Gasteiger partial charge in [-0.3, -0.25) is 4.79 Å². The molecule has 0 aliphatic heterocycles. The Kier molecular flexibility index (Phi) is 6.41. The van der Waals surface area contributed by atoms with Crippen molar-refractivity contribution in [2.24, 2.45) is 0 Å². The molecule has 1 amide bonds. The van der Waals surface area contributed by atoms with Crippen molar-refractivity contribution in [3.05, 3.63) is 89.7 Å². The largest absolute Gasteiger partial charge is 0.351 e. The molecule has 0 spiro atoms. The van der Waals surface area contributed by atoms with Gasteiger partial charge >= 0.3 is 0 Å². The first-order chi connectivity index (χ1) is 14.7. The maximum Gasteiger partial charge on any atom is 0.230 e. The van der Waals surface area contributed by atoms with Crippen LogP contribution in [-0.2, 0) is 11.3 Å². The van der Waals surface area contributed by atoms with Crippen LogP contribution in [0.3, 0.4) is 0 Å². The molecule has 4 aromatic rings. The SMILES string of the molecule is O=C(CSc1ccc(-c2ccc(-n3cccn3)cc2)nn1)NCc1ccc(Cl)cc1. The summed E-state index contributed by atoms with van der Waals surface area (Å²) in [5.74, 6) is 0.218. The van der Waals surface area contributed by atoms with Crippen LogP contribution in [0.1, 0.15) is 5.56 Å². The summed E-state index contributed by atoms with van der Waals surface area (Å²) in [6.45, 7) is 0.468. The molecule has 0 bridgehead atoms. The van der Waals surface area contributed by atoms with E-state index in [1.54, 1.807) is 23.0 Å². The topological polar surface area (TPSA) is 72.7 Å². The van der Waals surface area contributed by atoms with E-state index in [9.17, 15) is 4.79 Å². The normalized spacial score (nSPS) is 10.7. The second-order valence-electron chi connectivity index (χ2n) is 6.45. The number of aromatic nitrogens is 4. The molecular formula is C22H18ClN5OS. The molecule has 1 N–H and O–H groups in total. The lowest BCUT2D eigenvalue weighted by molar-refractivity contribution is -0.118. The molecule has 0 saturated heterocycles. The second kappa shape index (κ2) is 9.56. The minimum atomic E-state index is -0.0602. The molecule has 0 atom stereocenters. The Bertz CT molecular complexity index is 1100. The number of hydrogen-bond acceptors (Lipinski definition) is 5. The van der Waals surface area contributed by atoms with E-state index in [1.807, 2.05) is 60.8 Å². The lowest BCUT2D eigenvalue weighted by Crippen LogP contribution is -2.24. The Morgan fingerprint density at radius 3 is 2.47 bits per heavy atom. The predicted octanol–water partition coefficient (Wildman–Crippen LogP) is 4.39. The summed E-state index contributed by atoms with van der Waals surface area (Å²) in [5.41, 5.74) is 3.73. The standard InChI is InChI=1S/C22H18ClN5OS/c23-18-6-2-16(3-7-18)14-24-21(29)15-30-22-11-10-20(26-27-22)17-4-8-19(9-5-17)28-13-1-12-25-28/h1-13H,14-15H2,(H,24,29). The Labute approximate surface area is 183 Å². The summed E-state index contributed by atoms with van der Waals surface area (Å²) in [6.07, 6.45) is 3.64. The van der Waals surface area contributed by atoms with Gasteiger partial charge in [0.25, 0.3) is 0 Å². The first kappa shape index (κ1) is 20.1. The van der Waals surface area contributed by atoms with E-state index in [2.05, 4.69) is 20.6 Å². The van der Waals surface area contributed by atoms with Crippen LogP contribution in [0.4, 0.5) is 0 Å². The van der Waals surface area contributed by atoms with E-state index in [1.165, 1.54) is 11.8 Å². The summed E-state index contributed by atoms with van der Waals surface area (Å²) < 4.78 is 1.80. The molecule has 2 heterocycles. The van der Waals surface area contributed by atoms with E-state index >= 15 is 0 Å². The number of hydrogen-bond donors (Lipinski definition) is 1. The zero-order valence-corrected chi connectivity index (χ0v) is 17.5. The van der Waals surface area contributed by atoms with Gasteiger partial charge in [0.1, 0.15) is 5.03 Å². The fourth-order valence-corrected chi connectivity index (χ4v) is 3.52. The van der Waals surface area contributed by atoms with Crippen molar-refractivity contribution in [1.82, 2.24) is 25.3 Å². The number of amides is 1. The summed E-state index contributed by atoms with van der Waals surface area (Å²) in [4.78, 5) is 12.1. The highest BCUT2D eigenvalue weighted by molar-refractivity contribution is 7.99.